The molecule has 2 heterocycles. The van der Waals surface area contributed by atoms with Crippen molar-refractivity contribution in [2.45, 2.75) is 59.8 Å². The molecule has 156 valence electrons. The number of hydrogen-bond acceptors (Lipinski definition) is 5. The van der Waals surface area contributed by atoms with E-state index in [0.29, 0.717) is 0 Å². The number of benzene rings is 1. The molecule has 0 aliphatic carbocycles. The number of aromatic nitrogens is 1. The monoisotopic (exact) mass is 388 g/mol. The Hall–Kier alpha value is -1.59. The van der Waals surface area contributed by atoms with E-state index in [1.54, 1.807) is 0 Å². The van der Waals surface area contributed by atoms with Crippen LogP contribution in [-0.2, 0) is 6.42 Å². The lowest BCUT2D eigenvalue weighted by atomic mass is 9.88. The van der Waals surface area contributed by atoms with Crippen molar-refractivity contribution in [1.29, 1.82) is 0 Å². The van der Waals surface area contributed by atoms with E-state index in [1.165, 1.54) is 12.8 Å². The second-order valence-corrected chi connectivity index (χ2v) is 9.12. The second kappa shape index (κ2) is 9.27. The molecular formula is C23H36N2O3. The molecule has 1 fully saturated rings. The Morgan fingerprint density at radius 2 is 2.04 bits per heavy atom. The highest BCUT2D eigenvalue weighted by Crippen LogP contribution is 2.31. The molecule has 0 bridgehead atoms. The van der Waals surface area contributed by atoms with Gasteiger partial charge in [0.15, 0.2) is 5.58 Å². The number of aryl methyl sites for hydroxylation is 2. The summed E-state index contributed by atoms with van der Waals surface area (Å²) in [6.45, 7) is 12.6. The summed E-state index contributed by atoms with van der Waals surface area (Å²) >= 11 is 0. The van der Waals surface area contributed by atoms with Gasteiger partial charge in [0.05, 0.1) is 12.3 Å². The first-order chi connectivity index (χ1) is 13.4. The van der Waals surface area contributed by atoms with Crippen molar-refractivity contribution in [3.63, 3.8) is 0 Å². The van der Waals surface area contributed by atoms with E-state index >= 15 is 0 Å². The van der Waals surface area contributed by atoms with Crippen molar-refractivity contribution in [2.24, 2.45) is 11.3 Å². The van der Waals surface area contributed by atoms with Crippen LogP contribution < -0.4 is 4.74 Å². The van der Waals surface area contributed by atoms with Crippen LogP contribution in [0.4, 0.5) is 0 Å². The summed E-state index contributed by atoms with van der Waals surface area (Å²) in [6, 6.07) is 4.15. The predicted octanol–water partition coefficient (Wildman–Crippen LogP) is 4.59. The minimum Gasteiger partial charge on any atom is -0.493 e. The van der Waals surface area contributed by atoms with Crippen LogP contribution >= 0.6 is 0 Å². The minimum atomic E-state index is -0.00990. The highest BCUT2D eigenvalue weighted by atomic mass is 16.5. The van der Waals surface area contributed by atoms with Crippen molar-refractivity contribution in [3.8, 4) is 5.75 Å². The van der Waals surface area contributed by atoms with Crippen molar-refractivity contribution >= 4 is 11.0 Å². The number of likely N-dealkylation sites (tertiary alicyclic amines) is 1. The van der Waals surface area contributed by atoms with Gasteiger partial charge in [0, 0.05) is 29.5 Å². The molecule has 1 aliphatic rings. The van der Waals surface area contributed by atoms with Crippen molar-refractivity contribution in [1.82, 2.24) is 10.1 Å². The molecule has 5 nitrogen and oxygen atoms in total. The van der Waals surface area contributed by atoms with Crippen LogP contribution in [0, 0.1) is 18.3 Å². The molecule has 3 rings (SSSR count). The average molecular weight is 389 g/mol. The van der Waals surface area contributed by atoms with Gasteiger partial charge in [-0.25, -0.2) is 0 Å². The van der Waals surface area contributed by atoms with Crippen LogP contribution in [-0.4, -0.2) is 48.0 Å². The van der Waals surface area contributed by atoms with Crippen LogP contribution in [0.1, 0.15) is 57.7 Å². The first-order valence-corrected chi connectivity index (χ1v) is 10.8. The normalized spacial score (nSPS) is 16.8. The van der Waals surface area contributed by atoms with Crippen molar-refractivity contribution in [3.05, 3.63) is 23.4 Å². The summed E-state index contributed by atoms with van der Waals surface area (Å²) in [5.41, 5.74) is 2.97. The molecule has 0 saturated carbocycles. The molecular weight excluding hydrogens is 352 g/mol. The van der Waals surface area contributed by atoms with E-state index in [2.05, 4.69) is 43.0 Å². The van der Waals surface area contributed by atoms with Crippen LogP contribution in [0.15, 0.2) is 16.7 Å². The van der Waals surface area contributed by atoms with Gasteiger partial charge in [-0.05, 0) is 70.2 Å². The summed E-state index contributed by atoms with van der Waals surface area (Å²) in [5, 5.41) is 15.0. The Morgan fingerprint density at radius 1 is 1.29 bits per heavy atom. The molecule has 28 heavy (non-hydrogen) atoms. The van der Waals surface area contributed by atoms with E-state index in [-0.39, 0.29) is 12.0 Å². The summed E-state index contributed by atoms with van der Waals surface area (Å²) in [4.78, 5) is 2.50. The minimum absolute atomic E-state index is 0.00990. The first kappa shape index (κ1) is 21.1. The Bertz CT molecular complexity index is 761. The zero-order valence-corrected chi connectivity index (χ0v) is 18.0. The summed E-state index contributed by atoms with van der Waals surface area (Å²) < 4.78 is 11.5. The molecule has 0 unspecified atom stereocenters. The van der Waals surface area contributed by atoms with Gasteiger partial charge < -0.3 is 19.3 Å². The standard InChI is InChI=1S/C23H36N2O3/c1-5-14-27-21-9-7-19-20(24-28-22(19)17(21)2)8-6-18-10-12-25(13-11-18)15-23(3,4)16-26/h7,9,18,26H,5-6,8,10-16H2,1-4H3. The predicted molar refractivity (Wildman–Crippen MR) is 113 cm³/mol. The molecule has 0 radical (unpaired) electrons. The third-order valence-corrected chi connectivity index (χ3v) is 5.95. The van der Waals surface area contributed by atoms with Crippen LogP contribution in [0.25, 0.3) is 11.0 Å². The third-order valence-electron chi connectivity index (χ3n) is 5.95. The fourth-order valence-corrected chi connectivity index (χ4v) is 4.15. The molecule has 1 aliphatic heterocycles. The van der Waals surface area contributed by atoms with E-state index in [4.69, 9.17) is 9.26 Å². The zero-order chi connectivity index (χ0) is 20.1. The maximum atomic E-state index is 9.48. The smallest absolute Gasteiger partial charge is 0.173 e. The van der Waals surface area contributed by atoms with E-state index in [1.807, 2.05) is 6.92 Å². The average Bonchev–Trinajstić information content (AvgIpc) is 3.10. The quantitative estimate of drug-likeness (QED) is 0.681. The highest BCUT2D eigenvalue weighted by Gasteiger charge is 2.25. The van der Waals surface area contributed by atoms with Gasteiger partial charge in [-0.1, -0.05) is 25.9 Å². The lowest BCUT2D eigenvalue weighted by molar-refractivity contribution is 0.0802. The van der Waals surface area contributed by atoms with Crippen molar-refractivity contribution < 1.29 is 14.4 Å². The van der Waals surface area contributed by atoms with Crippen LogP contribution in [0.2, 0.25) is 0 Å². The molecule has 1 aromatic carbocycles. The maximum absolute atomic E-state index is 9.48. The Kier molecular flexibility index (Phi) is 7.00. The summed E-state index contributed by atoms with van der Waals surface area (Å²) in [6.07, 6.45) is 5.58. The second-order valence-electron chi connectivity index (χ2n) is 9.12. The lowest BCUT2D eigenvalue weighted by Gasteiger charge is -2.36. The number of hydrogen-bond donors (Lipinski definition) is 1. The van der Waals surface area contributed by atoms with E-state index in [0.717, 1.165) is 79.4 Å². The number of nitrogens with zero attached hydrogens (tertiary/aromatic N) is 2. The largest absolute Gasteiger partial charge is 0.493 e. The number of aliphatic hydroxyl groups excluding tert-OH is 1. The Balaban J connectivity index is 1.54. The number of fused-ring (bicyclic) bond motifs is 1. The molecule has 5 heteroatoms. The van der Waals surface area contributed by atoms with Gasteiger partial charge in [0.2, 0.25) is 0 Å². The zero-order valence-electron chi connectivity index (χ0n) is 18.0. The third kappa shape index (κ3) is 5.06. The Labute approximate surface area is 169 Å². The topological polar surface area (TPSA) is 58.7 Å². The molecule has 1 N–H and O–H groups in total. The first-order valence-electron chi connectivity index (χ1n) is 10.8. The SMILES string of the molecule is CCCOc1ccc2c(CCC3CCN(CC(C)(C)CO)CC3)noc2c1C. The van der Waals surface area contributed by atoms with Gasteiger partial charge >= 0.3 is 0 Å². The number of piperidine rings is 1. The number of rotatable bonds is 9. The van der Waals surface area contributed by atoms with Crippen LogP contribution in [0.5, 0.6) is 5.75 Å². The van der Waals surface area contributed by atoms with Gasteiger partial charge in [0.1, 0.15) is 5.75 Å². The molecule has 0 atom stereocenters. The van der Waals surface area contributed by atoms with Crippen LogP contribution in [0.3, 0.4) is 0 Å². The molecule has 0 spiro atoms. The molecule has 0 amide bonds. The summed E-state index contributed by atoms with van der Waals surface area (Å²) in [5.74, 6) is 1.64. The van der Waals surface area contributed by atoms with Gasteiger partial charge in [0.25, 0.3) is 0 Å². The fraction of sp³-hybridized carbons (Fsp3) is 0.696. The van der Waals surface area contributed by atoms with Crippen molar-refractivity contribution in [2.75, 3.05) is 32.8 Å². The molecule has 1 aromatic heterocycles. The molecule has 1 saturated heterocycles. The van der Waals surface area contributed by atoms with Gasteiger partial charge in [-0.2, -0.15) is 0 Å². The number of ether oxygens (including phenoxy) is 1. The Morgan fingerprint density at radius 3 is 2.71 bits per heavy atom. The molecule has 2 aromatic rings. The summed E-state index contributed by atoms with van der Waals surface area (Å²) in [7, 11) is 0. The number of aliphatic hydroxyl groups is 1. The highest BCUT2D eigenvalue weighted by molar-refractivity contribution is 5.84. The van der Waals surface area contributed by atoms with Gasteiger partial charge in [-0.3, -0.25) is 0 Å². The fourth-order valence-electron chi connectivity index (χ4n) is 4.15. The van der Waals surface area contributed by atoms with E-state index < -0.39 is 0 Å². The van der Waals surface area contributed by atoms with E-state index in [9.17, 15) is 5.11 Å². The lowest BCUT2D eigenvalue weighted by Crippen LogP contribution is -2.41. The van der Waals surface area contributed by atoms with Gasteiger partial charge in [-0.15, -0.1) is 0 Å². The maximum Gasteiger partial charge on any atom is 0.173 e.